The maximum atomic E-state index is 12.2. The lowest BCUT2D eigenvalue weighted by molar-refractivity contribution is -0.130. The third kappa shape index (κ3) is 4.23. The molecule has 128 valence electrons. The smallest absolute Gasteiger partial charge is 0.251 e. The predicted molar refractivity (Wildman–Crippen MR) is 96.0 cm³/mol. The third-order valence-electron chi connectivity index (χ3n) is 4.00. The Kier molecular flexibility index (Phi) is 5.09. The van der Waals surface area contributed by atoms with E-state index in [1.165, 1.54) is 0 Å². The van der Waals surface area contributed by atoms with Gasteiger partial charge >= 0.3 is 0 Å². The first-order chi connectivity index (χ1) is 12.1. The summed E-state index contributed by atoms with van der Waals surface area (Å²) in [5.41, 5.74) is 3.25. The fourth-order valence-corrected chi connectivity index (χ4v) is 2.60. The van der Waals surface area contributed by atoms with Crippen molar-refractivity contribution in [1.82, 2.24) is 20.2 Å². The highest BCUT2D eigenvalue weighted by atomic mass is 16.2. The number of hydrogen-bond acceptors (Lipinski definition) is 3. The fourth-order valence-electron chi connectivity index (χ4n) is 2.60. The van der Waals surface area contributed by atoms with Crippen molar-refractivity contribution in [3.63, 3.8) is 0 Å². The summed E-state index contributed by atoms with van der Waals surface area (Å²) in [6.45, 7) is 0.863. The number of aromatic nitrogens is 2. The van der Waals surface area contributed by atoms with Gasteiger partial charge in [0.05, 0.1) is 17.4 Å². The zero-order chi connectivity index (χ0) is 17.6. The summed E-state index contributed by atoms with van der Waals surface area (Å²) in [5.74, 6) is -0.205. The summed E-state index contributed by atoms with van der Waals surface area (Å²) in [4.78, 5) is 33.1. The number of rotatable bonds is 6. The van der Waals surface area contributed by atoms with E-state index >= 15 is 0 Å². The van der Waals surface area contributed by atoms with E-state index in [2.05, 4.69) is 15.3 Å². The fraction of sp³-hybridized carbons (Fsp3) is 0.211. The maximum Gasteiger partial charge on any atom is 0.251 e. The van der Waals surface area contributed by atoms with Gasteiger partial charge in [-0.1, -0.05) is 30.3 Å². The van der Waals surface area contributed by atoms with Crippen LogP contribution in [0.15, 0.2) is 54.9 Å². The highest BCUT2D eigenvalue weighted by molar-refractivity contribution is 5.97. The van der Waals surface area contributed by atoms with Crippen molar-refractivity contribution in [2.75, 3.05) is 13.6 Å². The second-order valence-corrected chi connectivity index (χ2v) is 5.88. The first-order valence-electron chi connectivity index (χ1n) is 8.13. The van der Waals surface area contributed by atoms with E-state index in [4.69, 9.17) is 0 Å². The van der Waals surface area contributed by atoms with Gasteiger partial charge in [0.2, 0.25) is 5.91 Å². The van der Waals surface area contributed by atoms with Crippen molar-refractivity contribution in [1.29, 1.82) is 0 Å². The molecule has 0 bridgehead atoms. The minimum atomic E-state index is -0.199. The number of fused-ring (bicyclic) bond motifs is 1. The Bertz CT molecular complexity index is 873. The van der Waals surface area contributed by atoms with Gasteiger partial charge in [-0.25, -0.2) is 4.98 Å². The van der Waals surface area contributed by atoms with Gasteiger partial charge in [0.25, 0.3) is 5.91 Å². The third-order valence-corrected chi connectivity index (χ3v) is 4.00. The summed E-state index contributed by atoms with van der Waals surface area (Å²) in [6, 6.07) is 15.1. The summed E-state index contributed by atoms with van der Waals surface area (Å²) in [6.07, 6.45) is 1.86. The first kappa shape index (κ1) is 16.7. The van der Waals surface area contributed by atoms with Crippen LogP contribution < -0.4 is 5.32 Å². The molecule has 0 spiro atoms. The van der Waals surface area contributed by atoms with Crippen LogP contribution in [0.3, 0.4) is 0 Å². The van der Waals surface area contributed by atoms with E-state index in [-0.39, 0.29) is 18.2 Å². The lowest BCUT2D eigenvalue weighted by Gasteiger charge is -2.17. The molecule has 0 saturated carbocycles. The van der Waals surface area contributed by atoms with E-state index < -0.39 is 0 Å². The molecule has 1 heterocycles. The van der Waals surface area contributed by atoms with Crippen LogP contribution in [0.1, 0.15) is 22.3 Å². The molecule has 0 aliphatic rings. The van der Waals surface area contributed by atoms with Crippen molar-refractivity contribution in [2.45, 2.75) is 13.0 Å². The minimum absolute atomic E-state index is 0.00632. The molecule has 2 N–H and O–H groups in total. The van der Waals surface area contributed by atoms with E-state index in [9.17, 15) is 9.59 Å². The molecule has 6 heteroatoms. The van der Waals surface area contributed by atoms with Crippen LogP contribution in [-0.4, -0.2) is 40.3 Å². The number of imidazole rings is 1. The van der Waals surface area contributed by atoms with Crippen LogP contribution in [0.5, 0.6) is 0 Å². The SMILES string of the molecule is CN(Cc1ccccc1)C(=O)CCNC(=O)c1ccc2nc[nH]c2c1. The number of nitrogens with one attached hydrogen (secondary N) is 2. The van der Waals surface area contributed by atoms with Crippen molar-refractivity contribution in [2.24, 2.45) is 0 Å². The van der Waals surface area contributed by atoms with Crippen LogP contribution in [0.25, 0.3) is 11.0 Å². The first-order valence-corrected chi connectivity index (χ1v) is 8.13. The number of H-pyrrole nitrogens is 1. The minimum Gasteiger partial charge on any atom is -0.352 e. The Morgan fingerprint density at radius 2 is 1.96 bits per heavy atom. The van der Waals surface area contributed by atoms with E-state index in [0.29, 0.717) is 18.7 Å². The molecule has 0 fully saturated rings. The van der Waals surface area contributed by atoms with Gasteiger partial charge in [-0.05, 0) is 23.8 Å². The summed E-state index contributed by atoms with van der Waals surface area (Å²) < 4.78 is 0. The molecule has 0 atom stereocenters. The molecule has 1 aromatic heterocycles. The molecular weight excluding hydrogens is 316 g/mol. The van der Waals surface area contributed by atoms with Crippen molar-refractivity contribution in [3.8, 4) is 0 Å². The molecule has 3 aromatic rings. The largest absolute Gasteiger partial charge is 0.352 e. The lowest BCUT2D eigenvalue weighted by atomic mass is 10.2. The molecule has 25 heavy (non-hydrogen) atoms. The summed E-state index contributed by atoms with van der Waals surface area (Å²) >= 11 is 0. The normalized spacial score (nSPS) is 10.6. The van der Waals surface area contributed by atoms with Crippen LogP contribution in [0.4, 0.5) is 0 Å². The van der Waals surface area contributed by atoms with Crippen molar-refractivity contribution < 1.29 is 9.59 Å². The van der Waals surface area contributed by atoms with Crippen LogP contribution in [0.2, 0.25) is 0 Å². The standard InChI is InChI=1S/C19H20N4O2/c1-23(12-14-5-3-2-4-6-14)18(24)9-10-20-19(25)15-7-8-16-17(11-15)22-13-21-16/h2-8,11,13H,9-10,12H2,1H3,(H,20,25)(H,21,22). The van der Waals surface area contributed by atoms with Gasteiger partial charge in [0.1, 0.15) is 0 Å². The highest BCUT2D eigenvalue weighted by Gasteiger charge is 2.11. The Labute approximate surface area is 145 Å². The van der Waals surface area contributed by atoms with Crippen LogP contribution in [-0.2, 0) is 11.3 Å². The molecule has 0 saturated heterocycles. The van der Waals surface area contributed by atoms with Gasteiger partial charge in [0.15, 0.2) is 0 Å². The molecule has 2 aromatic carbocycles. The van der Waals surface area contributed by atoms with Gasteiger partial charge < -0.3 is 15.2 Å². The van der Waals surface area contributed by atoms with E-state index in [1.54, 1.807) is 36.5 Å². The Balaban J connectivity index is 1.48. The second-order valence-electron chi connectivity index (χ2n) is 5.88. The average Bonchev–Trinajstić information content (AvgIpc) is 3.10. The zero-order valence-corrected chi connectivity index (χ0v) is 14.0. The summed E-state index contributed by atoms with van der Waals surface area (Å²) in [5, 5.41) is 2.78. The van der Waals surface area contributed by atoms with Gasteiger partial charge in [0, 0.05) is 32.1 Å². The Hall–Kier alpha value is -3.15. The molecule has 0 aliphatic heterocycles. The van der Waals surface area contributed by atoms with Gasteiger partial charge in [-0.3, -0.25) is 9.59 Å². The number of benzene rings is 2. The quantitative estimate of drug-likeness (QED) is 0.725. The maximum absolute atomic E-state index is 12.2. The van der Waals surface area contributed by atoms with Gasteiger partial charge in [-0.15, -0.1) is 0 Å². The monoisotopic (exact) mass is 336 g/mol. The molecule has 2 amide bonds. The number of carbonyl (C=O) groups excluding carboxylic acids is 2. The van der Waals surface area contributed by atoms with E-state index in [0.717, 1.165) is 16.6 Å². The topological polar surface area (TPSA) is 78.1 Å². The number of nitrogens with zero attached hydrogens (tertiary/aromatic N) is 2. The number of amides is 2. The van der Waals surface area contributed by atoms with Crippen molar-refractivity contribution >= 4 is 22.8 Å². The average molecular weight is 336 g/mol. The predicted octanol–water partition coefficient (Wildman–Crippen LogP) is 2.34. The number of aromatic amines is 1. The molecule has 0 aliphatic carbocycles. The highest BCUT2D eigenvalue weighted by Crippen LogP contribution is 2.11. The molecule has 6 nitrogen and oxygen atoms in total. The molecule has 3 rings (SSSR count). The van der Waals surface area contributed by atoms with Crippen LogP contribution in [0, 0.1) is 0 Å². The summed E-state index contributed by atoms with van der Waals surface area (Å²) in [7, 11) is 1.77. The Morgan fingerprint density at radius 3 is 2.76 bits per heavy atom. The molecule has 0 unspecified atom stereocenters. The number of hydrogen-bond donors (Lipinski definition) is 2. The molecular formula is C19H20N4O2. The second kappa shape index (κ2) is 7.61. The van der Waals surface area contributed by atoms with Crippen LogP contribution >= 0.6 is 0 Å². The van der Waals surface area contributed by atoms with Gasteiger partial charge in [-0.2, -0.15) is 0 Å². The van der Waals surface area contributed by atoms with E-state index in [1.807, 2.05) is 30.3 Å². The zero-order valence-electron chi connectivity index (χ0n) is 14.0. The van der Waals surface area contributed by atoms with Crippen molar-refractivity contribution in [3.05, 3.63) is 66.0 Å². The lowest BCUT2D eigenvalue weighted by Crippen LogP contribution is -2.31. The number of carbonyl (C=O) groups is 2. The molecule has 0 radical (unpaired) electrons. The Morgan fingerprint density at radius 1 is 1.16 bits per heavy atom.